The van der Waals surface area contributed by atoms with Crippen LogP contribution in [0.2, 0.25) is 0 Å². The van der Waals surface area contributed by atoms with Gasteiger partial charge < -0.3 is 9.30 Å². The van der Waals surface area contributed by atoms with Crippen molar-refractivity contribution < 1.29 is 19.4 Å². The maximum Gasteiger partial charge on any atom is 0.272 e. The van der Waals surface area contributed by atoms with Gasteiger partial charge in [-0.25, -0.2) is 0 Å². The monoisotopic (exact) mass is 428 g/mol. The van der Waals surface area contributed by atoms with Crippen molar-refractivity contribution in [2.45, 2.75) is 6.54 Å². The Kier molecular flexibility index (Phi) is 6.45. The first kappa shape index (κ1) is 21.0. The van der Waals surface area contributed by atoms with E-state index in [9.17, 15) is 25.0 Å². The van der Waals surface area contributed by atoms with Crippen LogP contribution in [-0.4, -0.2) is 34.0 Å². The highest BCUT2D eigenvalue weighted by molar-refractivity contribution is 7.16. The number of aromatic nitrogens is 1. The highest BCUT2D eigenvalue weighted by Gasteiger charge is 2.12. The molecule has 1 aromatic heterocycles. The van der Waals surface area contributed by atoms with Crippen molar-refractivity contribution in [1.29, 1.82) is 0 Å². The standard InChI is InChI=1S/C19H16N4O6S/c1-29-10-9-21-16-7-6-15(23(27)28)12-17(16)30-19(21)20-18(24)8-5-13-3-2-4-14(11-13)22(25)26/h2-8,11-12H,9-10H2,1H3. The first-order valence-corrected chi connectivity index (χ1v) is 9.48. The van der Waals surface area contributed by atoms with E-state index in [-0.39, 0.29) is 11.4 Å². The highest BCUT2D eigenvalue weighted by Crippen LogP contribution is 2.23. The molecule has 2 aromatic carbocycles. The van der Waals surface area contributed by atoms with E-state index in [1.54, 1.807) is 23.8 Å². The van der Waals surface area contributed by atoms with E-state index in [0.717, 1.165) is 11.3 Å². The van der Waals surface area contributed by atoms with Crippen LogP contribution in [0.1, 0.15) is 5.56 Å². The molecule has 0 atom stereocenters. The lowest BCUT2D eigenvalue weighted by atomic mass is 10.2. The minimum absolute atomic E-state index is 0.0499. The van der Waals surface area contributed by atoms with Gasteiger partial charge in [-0.2, -0.15) is 4.99 Å². The number of rotatable bonds is 7. The molecule has 1 amide bonds. The summed E-state index contributed by atoms with van der Waals surface area (Å²) in [6.07, 6.45) is 2.66. The van der Waals surface area contributed by atoms with Gasteiger partial charge in [0.2, 0.25) is 0 Å². The van der Waals surface area contributed by atoms with Gasteiger partial charge in [-0.3, -0.25) is 25.0 Å². The number of non-ortho nitro benzene ring substituents is 2. The SMILES string of the molecule is COCCn1c(=NC(=O)C=Cc2cccc([N+](=O)[O-])c2)sc2cc([N+](=O)[O-])ccc21. The summed E-state index contributed by atoms with van der Waals surface area (Å²) in [5.74, 6) is -0.561. The Morgan fingerprint density at radius 2 is 1.90 bits per heavy atom. The number of amides is 1. The van der Waals surface area contributed by atoms with Crippen molar-refractivity contribution in [3.05, 3.63) is 79.1 Å². The summed E-state index contributed by atoms with van der Waals surface area (Å²) in [6.45, 7) is 0.780. The average molecular weight is 428 g/mol. The van der Waals surface area contributed by atoms with Crippen LogP contribution in [0.25, 0.3) is 16.3 Å². The fourth-order valence-electron chi connectivity index (χ4n) is 2.70. The number of carbonyl (C=O) groups is 1. The molecule has 0 aliphatic carbocycles. The molecule has 0 fully saturated rings. The van der Waals surface area contributed by atoms with Gasteiger partial charge >= 0.3 is 0 Å². The van der Waals surface area contributed by atoms with Crippen molar-refractivity contribution in [2.75, 3.05) is 13.7 Å². The van der Waals surface area contributed by atoms with Crippen molar-refractivity contribution in [1.82, 2.24) is 4.57 Å². The molecule has 0 saturated carbocycles. The Bertz CT molecular complexity index is 1230. The lowest BCUT2D eigenvalue weighted by molar-refractivity contribution is -0.385. The molecule has 30 heavy (non-hydrogen) atoms. The topological polar surface area (TPSA) is 130 Å². The Morgan fingerprint density at radius 3 is 2.60 bits per heavy atom. The molecule has 10 nitrogen and oxygen atoms in total. The fourth-order valence-corrected chi connectivity index (χ4v) is 3.80. The third-order valence-corrected chi connectivity index (χ3v) is 5.14. The molecule has 3 rings (SSSR count). The first-order chi connectivity index (χ1) is 14.4. The van der Waals surface area contributed by atoms with Gasteiger partial charge in [-0.05, 0) is 17.7 Å². The van der Waals surface area contributed by atoms with Gasteiger partial charge in [0.05, 0.1) is 26.7 Å². The van der Waals surface area contributed by atoms with Gasteiger partial charge in [-0.1, -0.05) is 23.5 Å². The summed E-state index contributed by atoms with van der Waals surface area (Å²) in [4.78, 5) is 37.7. The van der Waals surface area contributed by atoms with Crippen LogP contribution in [0.5, 0.6) is 0 Å². The van der Waals surface area contributed by atoms with Gasteiger partial charge in [0.1, 0.15) is 0 Å². The number of carbonyl (C=O) groups excluding carboxylic acids is 1. The van der Waals surface area contributed by atoms with E-state index in [2.05, 4.69) is 4.99 Å². The second kappa shape index (κ2) is 9.20. The number of nitrogens with zero attached hydrogens (tertiary/aromatic N) is 4. The van der Waals surface area contributed by atoms with E-state index < -0.39 is 15.8 Å². The van der Waals surface area contributed by atoms with E-state index >= 15 is 0 Å². The quantitative estimate of drug-likeness (QED) is 0.322. The van der Waals surface area contributed by atoms with Gasteiger partial charge in [0, 0.05) is 44.0 Å². The number of methoxy groups -OCH3 is 1. The smallest absolute Gasteiger partial charge is 0.272 e. The predicted octanol–water partition coefficient (Wildman–Crippen LogP) is 3.31. The number of hydrogen-bond acceptors (Lipinski definition) is 7. The second-order valence-electron chi connectivity index (χ2n) is 6.07. The predicted molar refractivity (Wildman–Crippen MR) is 111 cm³/mol. The molecule has 154 valence electrons. The molecule has 0 unspecified atom stereocenters. The van der Waals surface area contributed by atoms with Crippen LogP contribution in [-0.2, 0) is 16.1 Å². The Hall–Kier alpha value is -3.70. The third-order valence-electron chi connectivity index (χ3n) is 4.10. The van der Waals surface area contributed by atoms with Crippen molar-refractivity contribution in [3.63, 3.8) is 0 Å². The molecule has 0 saturated heterocycles. The average Bonchev–Trinajstić information content (AvgIpc) is 3.06. The number of benzene rings is 2. The lowest BCUT2D eigenvalue weighted by Crippen LogP contribution is -2.18. The maximum absolute atomic E-state index is 12.3. The molecule has 0 spiro atoms. The summed E-state index contributed by atoms with van der Waals surface area (Å²) in [5.41, 5.74) is 1.07. The van der Waals surface area contributed by atoms with Crippen LogP contribution in [0.3, 0.4) is 0 Å². The van der Waals surface area contributed by atoms with E-state index in [1.165, 1.54) is 42.5 Å². The molecule has 11 heteroatoms. The van der Waals surface area contributed by atoms with Crippen LogP contribution >= 0.6 is 11.3 Å². The molecular formula is C19H16N4O6S. The van der Waals surface area contributed by atoms with Crippen LogP contribution < -0.4 is 4.80 Å². The largest absolute Gasteiger partial charge is 0.383 e. The molecule has 1 heterocycles. The first-order valence-electron chi connectivity index (χ1n) is 8.67. The third kappa shape index (κ3) is 4.82. The number of hydrogen-bond donors (Lipinski definition) is 0. The summed E-state index contributed by atoms with van der Waals surface area (Å²) in [6, 6.07) is 10.3. The number of nitro groups is 2. The molecule has 0 aliphatic rings. The molecule has 0 aliphatic heterocycles. The zero-order valence-electron chi connectivity index (χ0n) is 15.8. The van der Waals surface area contributed by atoms with Crippen LogP contribution in [0.4, 0.5) is 11.4 Å². The normalized spacial score (nSPS) is 12.0. The second-order valence-corrected chi connectivity index (χ2v) is 7.08. The minimum Gasteiger partial charge on any atom is -0.383 e. The van der Waals surface area contributed by atoms with Gasteiger partial charge in [-0.15, -0.1) is 0 Å². The van der Waals surface area contributed by atoms with Crippen molar-refractivity contribution >= 4 is 44.9 Å². The van der Waals surface area contributed by atoms with Crippen molar-refractivity contribution in [3.8, 4) is 0 Å². The summed E-state index contributed by atoms with van der Waals surface area (Å²) < 4.78 is 7.48. The number of fused-ring (bicyclic) bond motifs is 1. The molecule has 0 radical (unpaired) electrons. The Labute approximate surface area is 173 Å². The zero-order valence-corrected chi connectivity index (χ0v) is 16.6. The van der Waals surface area contributed by atoms with E-state index in [4.69, 9.17) is 4.74 Å². The maximum atomic E-state index is 12.3. The summed E-state index contributed by atoms with van der Waals surface area (Å²) >= 11 is 1.15. The van der Waals surface area contributed by atoms with Gasteiger partial charge in [0.25, 0.3) is 17.3 Å². The molecule has 0 N–H and O–H groups in total. The molecular weight excluding hydrogens is 412 g/mol. The summed E-state index contributed by atoms with van der Waals surface area (Å²) in [7, 11) is 1.55. The highest BCUT2D eigenvalue weighted by atomic mass is 32.1. The number of ether oxygens (including phenoxy) is 1. The minimum atomic E-state index is -0.561. The Morgan fingerprint density at radius 1 is 1.17 bits per heavy atom. The lowest BCUT2D eigenvalue weighted by Gasteiger charge is -2.03. The number of nitro benzene ring substituents is 2. The van der Waals surface area contributed by atoms with Crippen LogP contribution in [0, 0.1) is 20.2 Å². The summed E-state index contributed by atoms with van der Waals surface area (Å²) in [5, 5.41) is 21.9. The van der Waals surface area contributed by atoms with E-state index in [1.807, 2.05) is 0 Å². The van der Waals surface area contributed by atoms with E-state index in [0.29, 0.717) is 33.7 Å². The molecule has 0 bridgehead atoms. The molecule has 3 aromatic rings. The fraction of sp³-hybridized carbons (Fsp3) is 0.158. The van der Waals surface area contributed by atoms with Gasteiger partial charge in [0.15, 0.2) is 4.80 Å². The van der Waals surface area contributed by atoms with Crippen LogP contribution in [0.15, 0.2) is 53.5 Å². The Balaban J connectivity index is 1.97. The van der Waals surface area contributed by atoms with Crippen molar-refractivity contribution in [2.24, 2.45) is 4.99 Å². The zero-order chi connectivity index (χ0) is 21.7. The number of thiazole rings is 1.